The number of pyridine rings is 2. The smallest absolute Gasteiger partial charge is 0.345 e. The summed E-state index contributed by atoms with van der Waals surface area (Å²) in [5.41, 5.74) is 1.96. The van der Waals surface area contributed by atoms with Crippen molar-refractivity contribution in [3.8, 4) is 16.8 Å². The zero-order valence-electron chi connectivity index (χ0n) is 17.3. The molecule has 2 aromatic carbocycles. The lowest BCUT2D eigenvalue weighted by atomic mass is 10.0. The molecule has 0 amide bonds. The Kier molecular flexibility index (Phi) is 5.41. The topological polar surface area (TPSA) is 72.7 Å². The highest BCUT2D eigenvalue weighted by Crippen LogP contribution is 2.27. The Morgan fingerprint density at radius 2 is 1.79 bits per heavy atom. The normalized spacial score (nSPS) is 11.8. The van der Waals surface area contributed by atoms with Gasteiger partial charge in [0.25, 0.3) is 5.56 Å². The molecule has 0 bridgehead atoms. The van der Waals surface area contributed by atoms with Gasteiger partial charge in [-0.3, -0.25) is 14.3 Å². The molecule has 0 saturated carbocycles. The van der Waals surface area contributed by atoms with Crippen LogP contribution in [-0.2, 0) is 0 Å². The maximum Gasteiger partial charge on any atom is 0.405 e. The van der Waals surface area contributed by atoms with Crippen LogP contribution in [0.1, 0.15) is 0 Å². The number of rotatable bonds is 4. The fourth-order valence-corrected chi connectivity index (χ4v) is 3.78. The third kappa shape index (κ3) is 4.29. The molecule has 1 N–H and O–H groups in total. The Labute approximate surface area is 195 Å². The lowest BCUT2D eigenvalue weighted by molar-refractivity contribution is -0.115. The number of halogens is 4. The number of benzene rings is 2. The summed E-state index contributed by atoms with van der Waals surface area (Å²) in [6.45, 7) is -1.29. The van der Waals surface area contributed by atoms with Crippen molar-refractivity contribution in [2.45, 2.75) is 6.18 Å². The SMILES string of the molecule is O=c1c(-c2ccc(Cl)cc2)c2nc(NCC(F)(F)F)ncc2cn1-c1ccc2ncccc2c1. The first-order valence-corrected chi connectivity index (χ1v) is 10.5. The molecule has 0 aliphatic rings. The maximum absolute atomic E-state index is 13.7. The minimum atomic E-state index is -4.44. The quantitative estimate of drug-likeness (QED) is 0.360. The van der Waals surface area contributed by atoms with E-state index in [9.17, 15) is 18.0 Å². The van der Waals surface area contributed by atoms with Gasteiger partial charge in [-0.25, -0.2) is 9.97 Å². The minimum Gasteiger partial charge on any atom is -0.345 e. The van der Waals surface area contributed by atoms with Crippen molar-refractivity contribution in [3.63, 3.8) is 0 Å². The number of hydrogen-bond acceptors (Lipinski definition) is 5. The Bertz CT molecular complexity index is 1580. The van der Waals surface area contributed by atoms with E-state index in [0.717, 1.165) is 10.9 Å². The molecule has 0 aliphatic heterocycles. The molecule has 0 saturated heterocycles. The van der Waals surface area contributed by atoms with Gasteiger partial charge in [0.2, 0.25) is 5.95 Å². The first kappa shape index (κ1) is 21.8. The molecule has 6 nitrogen and oxygen atoms in total. The molecule has 5 rings (SSSR count). The molecule has 34 heavy (non-hydrogen) atoms. The fourth-order valence-electron chi connectivity index (χ4n) is 3.65. The van der Waals surface area contributed by atoms with Gasteiger partial charge in [-0.05, 0) is 42.0 Å². The molecule has 0 atom stereocenters. The highest BCUT2D eigenvalue weighted by Gasteiger charge is 2.27. The number of nitrogens with one attached hydrogen (secondary N) is 1. The number of nitrogens with zero attached hydrogens (tertiary/aromatic N) is 4. The van der Waals surface area contributed by atoms with E-state index in [2.05, 4.69) is 20.3 Å². The Morgan fingerprint density at radius 3 is 2.56 bits per heavy atom. The number of hydrogen-bond donors (Lipinski definition) is 1. The third-order valence-electron chi connectivity index (χ3n) is 5.20. The van der Waals surface area contributed by atoms with Crippen molar-refractivity contribution in [2.75, 3.05) is 11.9 Å². The van der Waals surface area contributed by atoms with Gasteiger partial charge < -0.3 is 5.32 Å². The standard InChI is InChI=1S/C24H15ClF3N5O/c25-17-5-3-14(4-6-17)20-21-16(11-30-23(32-21)31-13-24(26,27)28)12-33(22(20)34)18-7-8-19-15(10-18)2-1-9-29-19/h1-12H,13H2,(H,31,32). The lowest BCUT2D eigenvalue weighted by Crippen LogP contribution is -2.23. The van der Waals surface area contributed by atoms with Gasteiger partial charge in [0.15, 0.2) is 0 Å². The van der Waals surface area contributed by atoms with Gasteiger partial charge in [-0.2, -0.15) is 13.2 Å². The number of aromatic nitrogens is 4. The summed E-state index contributed by atoms with van der Waals surface area (Å²) in [5.74, 6) is -0.228. The molecule has 170 valence electrons. The second-order valence-electron chi connectivity index (χ2n) is 7.53. The van der Waals surface area contributed by atoms with Gasteiger partial charge in [0.05, 0.1) is 16.6 Å². The average molecular weight is 482 g/mol. The zero-order valence-corrected chi connectivity index (χ0v) is 18.1. The highest BCUT2D eigenvalue weighted by molar-refractivity contribution is 6.30. The monoisotopic (exact) mass is 481 g/mol. The van der Waals surface area contributed by atoms with Crippen LogP contribution in [0.3, 0.4) is 0 Å². The average Bonchev–Trinajstić information content (AvgIpc) is 2.82. The minimum absolute atomic E-state index is 0.220. The molecule has 0 fully saturated rings. The summed E-state index contributed by atoms with van der Waals surface area (Å²) in [6.07, 6.45) is 0.206. The molecule has 0 aliphatic carbocycles. The zero-order chi connectivity index (χ0) is 23.9. The summed E-state index contributed by atoms with van der Waals surface area (Å²) in [6, 6.07) is 15.7. The van der Waals surface area contributed by atoms with Crippen molar-refractivity contribution in [1.29, 1.82) is 0 Å². The van der Waals surface area contributed by atoms with Crippen molar-refractivity contribution in [3.05, 3.63) is 88.6 Å². The van der Waals surface area contributed by atoms with Crippen LogP contribution in [0, 0.1) is 0 Å². The molecule has 0 unspecified atom stereocenters. The van der Waals surface area contributed by atoms with E-state index in [1.807, 2.05) is 18.2 Å². The first-order valence-electron chi connectivity index (χ1n) is 10.1. The predicted molar refractivity (Wildman–Crippen MR) is 125 cm³/mol. The maximum atomic E-state index is 13.7. The summed E-state index contributed by atoms with van der Waals surface area (Å²) in [5, 5.41) is 3.98. The van der Waals surface area contributed by atoms with E-state index in [0.29, 0.717) is 21.7 Å². The molecule has 0 radical (unpaired) electrons. The van der Waals surface area contributed by atoms with Crippen LogP contribution >= 0.6 is 11.6 Å². The fraction of sp³-hybridized carbons (Fsp3) is 0.0833. The molecule has 5 aromatic rings. The van der Waals surface area contributed by atoms with Crippen LogP contribution < -0.4 is 10.9 Å². The summed E-state index contributed by atoms with van der Waals surface area (Å²) < 4.78 is 39.5. The Balaban J connectivity index is 1.73. The lowest BCUT2D eigenvalue weighted by Gasteiger charge is -2.14. The van der Waals surface area contributed by atoms with Crippen LogP contribution in [0.25, 0.3) is 38.6 Å². The van der Waals surface area contributed by atoms with E-state index < -0.39 is 18.3 Å². The van der Waals surface area contributed by atoms with Gasteiger partial charge in [-0.1, -0.05) is 29.8 Å². The molecule has 3 heterocycles. The van der Waals surface area contributed by atoms with Gasteiger partial charge in [0.1, 0.15) is 6.54 Å². The third-order valence-corrected chi connectivity index (χ3v) is 5.45. The van der Waals surface area contributed by atoms with Crippen LogP contribution in [0.15, 0.2) is 78.0 Å². The van der Waals surface area contributed by atoms with Crippen LogP contribution in [-0.4, -0.2) is 32.2 Å². The molecular weight excluding hydrogens is 467 g/mol. The van der Waals surface area contributed by atoms with Gasteiger partial charge in [-0.15, -0.1) is 0 Å². The van der Waals surface area contributed by atoms with Gasteiger partial charge >= 0.3 is 6.18 Å². The Morgan fingerprint density at radius 1 is 1.00 bits per heavy atom. The van der Waals surface area contributed by atoms with E-state index in [1.54, 1.807) is 48.8 Å². The van der Waals surface area contributed by atoms with Crippen molar-refractivity contribution in [1.82, 2.24) is 19.5 Å². The van der Waals surface area contributed by atoms with Crippen molar-refractivity contribution < 1.29 is 13.2 Å². The number of anilines is 1. The van der Waals surface area contributed by atoms with E-state index in [4.69, 9.17) is 11.6 Å². The van der Waals surface area contributed by atoms with Crippen LogP contribution in [0.2, 0.25) is 5.02 Å². The van der Waals surface area contributed by atoms with E-state index >= 15 is 0 Å². The second kappa shape index (κ2) is 8.42. The Hall–Kier alpha value is -3.98. The number of alkyl halides is 3. The second-order valence-corrected chi connectivity index (χ2v) is 7.97. The van der Waals surface area contributed by atoms with E-state index in [1.165, 1.54) is 10.8 Å². The predicted octanol–water partition coefficient (Wildman–Crippen LogP) is 5.62. The number of fused-ring (bicyclic) bond motifs is 2. The van der Waals surface area contributed by atoms with Gasteiger partial charge in [0, 0.05) is 40.1 Å². The van der Waals surface area contributed by atoms with Crippen LogP contribution in [0.5, 0.6) is 0 Å². The molecule has 0 spiro atoms. The largest absolute Gasteiger partial charge is 0.405 e. The molecule has 3 aromatic heterocycles. The van der Waals surface area contributed by atoms with E-state index in [-0.39, 0.29) is 17.0 Å². The first-order chi connectivity index (χ1) is 16.3. The molecular formula is C24H15ClF3N5O. The summed E-state index contributed by atoms with van der Waals surface area (Å²) in [7, 11) is 0. The van der Waals surface area contributed by atoms with Crippen molar-refractivity contribution >= 4 is 39.4 Å². The highest BCUT2D eigenvalue weighted by atomic mass is 35.5. The summed E-state index contributed by atoms with van der Waals surface area (Å²) >= 11 is 6.02. The van der Waals surface area contributed by atoms with Crippen LogP contribution in [0.4, 0.5) is 19.1 Å². The summed E-state index contributed by atoms with van der Waals surface area (Å²) in [4.78, 5) is 26.2. The van der Waals surface area contributed by atoms with Crippen molar-refractivity contribution in [2.24, 2.45) is 0 Å². The molecule has 10 heteroatoms.